The van der Waals surface area contributed by atoms with Crippen molar-refractivity contribution in [1.29, 1.82) is 0 Å². The largest absolute Gasteiger partial charge is 0.457 e. The summed E-state index contributed by atoms with van der Waals surface area (Å²) in [5.74, 6) is 1.67. The molecule has 100 valence electrons. The molecule has 0 unspecified atom stereocenters. The molecular formula is C16H14N2OS. The number of rotatable bonds is 5. The fourth-order valence-electron chi connectivity index (χ4n) is 1.78. The molecule has 3 nitrogen and oxygen atoms in total. The van der Waals surface area contributed by atoms with Crippen LogP contribution in [0, 0.1) is 0 Å². The lowest BCUT2D eigenvalue weighted by atomic mass is 10.3. The summed E-state index contributed by atoms with van der Waals surface area (Å²) < 4.78 is 5.75. The molecule has 3 rings (SSSR count). The summed E-state index contributed by atoms with van der Waals surface area (Å²) in [6.07, 6.45) is 1.82. The van der Waals surface area contributed by atoms with Gasteiger partial charge in [-0.3, -0.25) is 0 Å². The second kappa shape index (κ2) is 6.21. The van der Waals surface area contributed by atoms with Gasteiger partial charge in [0.25, 0.3) is 0 Å². The van der Waals surface area contributed by atoms with Crippen LogP contribution in [-0.4, -0.2) is 4.98 Å². The molecule has 1 heterocycles. The number of nitrogens with zero attached hydrogens (tertiary/aromatic N) is 1. The Morgan fingerprint density at radius 2 is 1.70 bits per heavy atom. The monoisotopic (exact) mass is 282 g/mol. The van der Waals surface area contributed by atoms with Crippen LogP contribution < -0.4 is 10.1 Å². The number of benzene rings is 2. The Bertz CT molecular complexity index is 636. The van der Waals surface area contributed by atoms with Crippen LogP contribution in [0.25, 0.3) is 0 Å². The van der Waals surface area contributed by atoms with Gasteiger partial charge in [0, 0.05) is 17.3 Å². The van der Waals surface area contributed by atoms with Crippen molar-refractivity contribution in [3.8, 4) is 11.5 Å². The molecule has 1 N–H and O–H groups in total. The van der Waals surface area contributed by atoms with E-state index in [0.29, 0.717) is 0 Å². The molecule has 0 fully saturated rings. The van der Waals surface area contributed by atoms with Crippen LogP contribution in [0.5, 0.6) is 11.5 Å². The number of anilines is 1. The van der Waals surface area contributed by atoms with E-state index in [1.807, 2.05) is 66.2 Å². The number of aromatic nitrogens is 1. The van der Waals surface area contributed by atoms with Crippen LogP contribution in [0.1, 0.15) is 5.01 Å². The molecule has 20 heavy (non-hydrogen) atoms. The molecule has 0 saturated carbocycles. The number of para-hydroxylation sites is 1. The van der Waals surface area contributed by atoms with Gasteiger partial charge in [-0.25, -0.2) is 4.98 Å². The van der Waals surface area contributed by atoms with Gasteiger partial charge in [0.15, 0.2) is 0 Å². The van der Waals surface area contributed by atoms with Crippen molar-refractivity contribution in [2.45, 2.75) is 6.54 Å². The van der Waals surface area contributed by atoms with E-state index in [9.17, 15) is 0 Å². The smallest absolute Gasteiger partial charge is 0.127 e. The van der Waals surface area contributed by atoms with Gasteiger partial charge in [0.2, 0.25) is 0 Å². The zero-order valence-electron chi connectivity index (χ0n) is 10.8. The van der Waals surface area contributed by atoms with E-state index in [4.69, 9.17) is 4.74 Å². The second-order valence-corrected chi connectivity index (χ2v) is 5.20. The van der Waals surface area contributed by atoms with Crippen LogP contribution in [0.4, 0.5) is 5.69 Å². The molecule has 2 aromatic carbocycles. The maximum absolute atomic E-state index is 5.75. The van der Waals surface area contributed by atoms with E-state index >= 15 is 0 Å². The average molecular weight is 282 g/mol. The quantitative estimate of drug-likeness (QED) is 0.745. The predicted molar refractivity (Wildman–Crippen MR) is 82.4 cm³/mol. The van der Waals surface area contributed by atoms with Gasteiger partial charge in [-0.1, -0.05) is 18.2 Å². The molecule has 0 atom stereocenters. The lowest BCUT2D eigenvalue weighted by molar-refractivity contribution is 0.483. The standard InChI is InChI=1S/C16H14N2OS/c1-2-4-14(5-3-1)19-15-8-6-13(7-9-15)18-12-16-17-10-11-20-16/h1-11,18H,12H2. The molecule has 0 saturated heterocycles. The van der Waals surface area contributed by atoms with Gasteiger partial charge in [0.1, 0.15) is 16.5 Å². The van der Waals surface area contributed by atoms with Gasteiger partial charge in [-0.05, 0) is 36.4 Å². The highest BCUT2D eigenvalue weighted by molar-refractivity contribution is 7.09. The summed E-state index contributed by atoms with van der Waals surface area (Å²) in [5.41, 5.74) is 1.06. The molecule has 1 aromatic heterocycles. The topological polar surface area (TPSA) is 34.1 Å². The van der Waals surface area contributed by atoms with Crippen LogP contribution in [0.3, 0.4) is 0 Å². The van der Waals surface area contributed by atoms with Crippen molar-refractivity contribution in [3.63, 3.8) is 0 Å². The molecular weight excluding hydrogens is 268 g/mol. The Morgan fingerprint density at radius 3 is 2.40 bits per heavy atom. The second-order valence-electron chi connectivity index (χ2n) is 4.22. The summed E-state index contributed by atoms with van der Waals surface area (Å²) in [6.45, 7) is 0.747. The van der Waals surface area contributed by atoms with Crippen LogP contribution in [-0.2, 0) is 6.54 Å². The Morgan fingerprint density at radius 1 is 0.950 bits per heavy atom. The molecule has 0 radical (unpaired) electrons. The first kappa shape index (κ1) is 12.7. The normalized spacial score (nSPS) is 10.2. The number of thiazole rings is 1. The SMILES string of the molecule is c1ccc(Oc2ccc(NCc3nccs3)cc2)cc1. The molecule has 0 bridgehead atoms. The minimum atomic E-state index is 0.747. The number of hydrogen-bond acceptors (Lipinski definition) is 4. The van der Waals surface area contributed by atoms with Crippen LogP contribution in [0.2, 0.25) is 0 Å². The third-order valence-electron chi connectivity index (χ3n) is 2.76. The van der Waals surface area contributed by atoms with Gasteiger partial charge in [0.05, 0.1) is 6.54 Å². The van der Waals surface area contributed by atoms with E-state index in [1.54, 1.807) is 11.3 Å². The highest BCUT2D eigenvalue weighted by Crippen LogP contribution is 2.22. The summed E-state index contributed by atoms with van der Waals surface area (Å²) in [4.78, 5) is 4.24. The highest BCUT2D eigenvalue weighted by atomic mass is 32.1. The number of hydrogen-bond donors (Lipinski definition) is 1. The zero-order chi connectivity index (χ0) is 13.6. The Hall–Kier alpha value is -2.33. The van der Waals surface area contributed by atoms with Gasteiger partial charge >= 0.3 is 0 Å². The van der Waals surface area contributed by atoms with Crippen molar-refractivity contribution < 1.29 is 4.74 Å². The van der Waals surface area contributed by atoms with Gasteiger partial charge in [-0.15, -0.1) is 11.3 Å². The lowest BCUT2D eigenvalue weighted by Crippen LogP contribution is -1.98. The number of nitrogens with one attached hydrogen (secondary N) is 1. The van der Waals surface area contributed by atoms with Crippen molar-refractivity contribution in [3.05, 3.63) is 71.2 Å². The fourth-order valence-corrected chi connectivity index (χ4v) is 2.34. The molecule has 0 aliphatic heterocycles. The van der Waals surface area contributed by atoms with E-state index in [-0.39, 0.29) is 0 Å². The summed E-state index contributed by atoms with van der Waals surface area (Å²) in [5, 5.41) is 6.39. The first-order valence-electron chi connectivity index (χ1n) is 6.35. The first-order valence-corrected chi connectivity index (χ1v) is 7.23. The van der Waals surface area contributed by atoms with E-state index in [2.05, 4.69) is 10.3 Å². The predicted octanol–water partition coefficient (Wildman–Crippen LogP) is 4.55. The van der Waals surface area contributed by atoms with Gasteiger partial charge < -0.3 is 10.1 Å². The minimum absolute atomic E-state index is 0.747. The van der Waals surface area contributed by atoms with Crippen molar-refractivity contribution in [1.82, 2.24) is 4.98 Å². The van der Waals surface area contributed by atoms with Crippen LogP contribution in [0.15, 0.2) is 66.2 Å². The Balaban J connectivity index is 1.60. The minimum Gasteiger partial charge on any atom is -0.457 e. The van der Waals surface area contributed by atoms with Crippen molar-refractivity contribution in [2.24, 2.45) is 0 Å². The molecule has 0 amide bonds. The summed E-state index contributed by atoms with van der Waals surface area (Å²) in [7, 11) is 0. The lowest BCUT2D eigenvalue weighted by Gasteiger charge is -2.07. The Labute approximate surface area is 121 Å². The maximum Gasteiger partial charge on any atom is 0.127 e. The van der Waals surface area contributed by atoms with Crippen molar-refractivity contribution >= 4 is 17.0 Å². The van der Waals surface area contributed by atoms with Crippen molar-refractivity contribution in [2.75, 3.05) is 5.32 Å². The fraction of sp³-hybridized carbons (Fsp3) is 0.0625. The van der Waals surface area contributed by atoms with E-state index in [1.165, 1.54) is 0 Å². The Kier molecular flexibility index (Phi) is 3.94. The highest BCUT2D eigenvalue weighted by Gasteiger charge is 1.98. The van der Waals surface area contributed by atoms with Crippen LogP contribution >= 0.6 is 11.3 Å². The molecule has 0 aliphatic carbocycles. The third kappa shape index (κ3) is 3.36. The average Bonchev–Trinajstić information content (AvgIpc) is 3.01. The molecule has 0 spiro atoms. The summed E-state index contributed by atoms with van der Waals surface area (Å²) >= 11 is 1.65. The first-order chi connectivity index (χ1) is 9.90. The zero-order valence-corrected chi connectivity index (χ0v) is 11.6. The van der Waals surface area contributed by atoms with E-state index in [0.717, 1.165) is 28.7 Å². The van der Waals surface area contributed by atoms with Gasteiger partial charge in [-0.2, -0.15) is 0 Å². The summed E-state index contributed by atoms with van der Waals surface area (Å²) in [6, 6.07) is 17.7. The molecule has 3 aromatic rings. The maximum atomic E-state index is 5.75. The van der Waals surface area contributed by atoms with E-state index < -0.39 is 0 Å². The molecule has 4 heteroatoms. The third-order valence-corrected chi connectivity index (χ3v) is 3.54. The number of ether oxygens (including phenoxy) is 1. The molecule has 0 aliphatic rings.